The zero-order valence-electron chi connectivity index (χ0n) is 13.4. The van der Waals surface area contributed by atoms with Gasteiger partial charge in [-0.25, -0.2) is 0 Å². The molecule has 0 radical (unpaired) electrons. The van der Waals surface area contributed by atoms with Crippen LogP contribution in [0.5, 0.6) is 0 Å². The molecule has 1 amide bonds. The molecule has 1 aliphatic rings. The second-order valence-corrected chi connectivity index (χ2v) is 6.18. The van der Waals surface area contributed by atoms with Crippen LogP contribution in [0.1, 0.15) is 32.6 Å². The van der Waals surface area contributed by atoms with Crippen LogP contribution in [-0.2, 0) is 4.79 Å². The Bertz CT molecular complexity index is 473. The van der Waals surface area contributed by atoms with E-state index in [0.29, 0.717) is 0 Å². The summed E-state index contributed by atoms with van der Waals surface area (Å²) in [6.45, 7) is 4.03. The minimum atomic E-state index is -0.200. The van der Waals surface area contributed by atoms with Crippen molar-refractivity contribution in [2.75, 3.05) is 37.4 Å². The van der Waals surface area contributed by atoms with E-state index in [1.54, 1.807) is 0 Å². The lowest BCUT2D eigenvalue weighted by Gasteiger charge is -2.36. The smallest absolute Gasteiger partial charge is 0.230 e. The number of carbonyl (C=O) groups excluding carboxylic acids is 1. The highest BCUT2D eigenvalue weighted by atomic mass is 16.2. The fraction of sp³-hybridized carbons (Fsp3) is 0.588. The summed E-state index contributed by atoms with van der Waals surface area (Å²) in [6.07, 6.45) is 3.87. The van der Waals surface area contributed by atoms with Gasteiger partial charge in [-0.2, -0.15) is 0 Å². The van der Waals surface area contributed by atoms with E-state index in [2.05, 4.69) is 17.6 Å². The maximum Gasteiger partial charge on any atom is 0.230 e. The fourth-order valence-electron chi connectivity index (χ4n) is 3.10. The maximum atomic E-state index is 12.8. The van der Waals surface area contributed by atoms with Gasteiger partial charge < -0.3 is 15.5 Å². The maximum absolute atomic E-state index is 12.8. The van der Waals surface area contributed by atoms with Crippen LogP contribution < -0.4 is 15.5 Å². The Morgan fingerprint density at radius 2 is 2.05 bits per heavy atom. The summed E-state index contributed by atoms with van der Waals surface area (Å²) in [5, 5.41) is 6.49. The van der Waals surface area contributed by atoms with Gasteiger partial charge in [0.25, 0.3) is 0 Å². The minimum Gasteiger partial charge on any atom is -0.378 e. The molecule has 1 aromatic carbocycles. The van der Waals surface area contributed by atoms with Crippen molar-refractivity contribution in [3.8, 4) is 0 Å². The lowest BCUT2D eigenvalue weighted by molar-refractivity contribution is -0.127. The van der Waals surface area contributed by atoms with E-state index in [4.69, 9.17) is 0 Å². The molecule has 1 heterocycles. The number of hydrogen-bond acceptors (Lipinski definition) is 3. The monoisotopic (exact) mass is 289 g/mol. The van der Waals surface area contributed by atoms with Crippen LogP contribution in [0.4, 0.5) is 11.4 Å². The average Bonchev–Trinajstić information content (AvgIpc) is 2.48. The van der Waals surface area contributed by atoms with Crippen LogP contribution in [-0.4, -0.2) is 33.1 Å². The van der Waals surface area contributed by atoms with Crippen molar-refractivity contribution in [2.24, 2.45) is 5.41 Å². The molecule has 116 valence electrons. The Morgan fingerprint density at radius 1 is 1.33 bits per heavy atom. The number of amides is 1. The van der Waals surface area contributed by atoms with Gasteiger partial charge in [0.1, 0.15) is 0 Å². The van der Waals surface area contributed by atoms with E-state index in [9.17, 15) is 4.79 Å². The van der Waals surface area contributed by atoms with Crippen molar-refractivity contribution in [3.63, 3.8) is 0 Å². The highest BCUT2D eigenvalue weighted by Crippen LogP contribution is 2.35. The first-order valence-electron chi connectivity index (χ1n) is 7.87. The summed E-state index contributed by atoms with van der Waals surface area (Å²) in [4.78, 5) is 14.9. The number of carbonyl (C=O) groups is 1. The predicted octanol–water partition coefficient (Wildman–Crippen LogP) is 2.86. The molecule has 0 atom stereocenters. The molecule has 1 aliphatic heterocycles. The molecule has 0 unspecified atom stereocenters. The molecule has 21 heavy (non-hydrogen) atoms. The van der Waals surface area contributed by atoms with Crippen molar-refractivity contribution in [3.05, 3.63) is 24.3 Å². The van der Waals surface area contributed by atoms with Gasteiger partial charge >= 0.3 is 0 Å². The van der Waals surface area contributed by atoms with Crippen molar-refractivity contribution in [1.29, 1.82) is 0 Å². The molecule has 0 spiro atoms. The van der Waals surface area contributed by atoms with Crippen LogP contribution >= 0.6 is 0 Å². The molecule has 0 saturated carbocycles. The van der Waals surface area contributed by atoms with Gasteiger partial charge in [0, 0.05) is 25.5 Å². The SMILES string of the molecule is CCCC1(C(=O)Nc2cccc(N(C)C)c2)CCNCC1. The molecule has 4 nitrogen and oxygen atoms in total. The summed E-state index contributed by atoms with van der Waals surface area (Å²) in [5.74, 6) is 0.182. The van der Waals surface area contributed by atoms with Crippen molar-refractivity contribution in [1.82, 2.24) is 5.32 Å². The summed E-state index contributed by atoms with van der Waals surface area (Å²) >= 11 is 0. The van der Waals surface area contributed by atoms with Gasteiger partial charge in [0.15, 0.2) is 0 Å². The topological polar surface area (TPSA) is 44.4 Å². The molecule has 2 rings (SSSR count). The lowest BCUT2D eigenvalue weighted by Crippen LogP contribution is -2.44. The summed E-state index contributed by atoms with van der Waals surface area (Å²) < 4.78 is 0. The molecule has 0 aliphatic carbocycles. The van der Waals surface area contributed by atoms with Crippen LogP contribution in [0.2, 0.25) is 0 Å². The second-order valence-electron chi connectivity index (χ2n) is 6.18. The average molecular weight is 289 g/mol. The van der Waals surface area contributed by atoms with Crippen LogP contribution in [0.3, 0.4) is 0 Å². The molecule has 2 N–H and O–H groups in total. The minimum absolute atomic E-state index is 0.182. The molecule has 0 aromatic heterocycles. The van der Waals surface area contributed by atoms with E-state index < -0.39 is 0 Å². The highest BCUT2D eigenvalue weighted by molar-refractivity contribution is 5.95. The third-order valence-corrected chi connectivity index (χ3v) is 4.39. The summed E-state index contributed by atoms with van der Waals surface area (Å²) in [5.41, 5.74) is 1.79. The molecule has 4 heteroatoms. The van der Waals surface area contributed by atoms with Crippen LogP contribution in [0.15, 0.2) is 24.3 Å². The zero-order chi connectivity index (χ0) is 15.3. The number of hydrogen-bond donors (Lipinski definition) is 2. The van der Waals surface area contributed by atoms with Gasteiger partial charge in [-0.1, -0.05) is 19.4 Å². The molecule has 0 bridgehead atoms. The largest absolute Gasteiger partial charge is 0.378 e. The standard InChI is InChI=1S/C17H27N3O/c1-4-8-17(9-11-18-12-10-17)16(21)19-14-6-5-7-15(13-14)20(2)3/h5-7,13,18H,4,8-12H2,1-3H3,(H,19,21). The molecule has 1 saturated heterocycles. The number of anilines is 2. The summed E-state index contributed by atoms with van der Waals surface area (Å²) in [6, 6.07) is 8.02. The first kappa shape index (κ1) is 15.8. The number of benzene rings is 1. The van der Waals surface area contributed by atoms with E-state index >= 15 is 0 Å². The molecular formula is C17H27N3O. The normalized spacial score (nSPS) is 17.3. The molecule has 1 aromatic rings. The van der Waals surface area contributed by atoms with Crippen molar-refractivity contribution in [2.45, 2.75) is 32.6 Å². The molecular weight excluding hydrogens is 262 g/mol. The van der Waals surface area contributed by atoms with Crippen LogP contribution in [0, 0.1) is 5.41 Å². The third-order valence-electron chi connectivity index (χ3n) is 4.39. The Hall–Kier alpha value is -1.55. The Balaban J connectivity index is 2.13. The number of rotatable bonds is 5. The van der Waals surface area contributed by atoms with E-state index in [1.807, 2.05) is 43.3 Å². The van der Waals surface area contributed by atoms with E-state index in [0.717, 1.165) is 50.1 Å². The van der Waals surface area contributed by atoms with Crippen molar-refractivity contribution < 1.29 is 4.79 Å². The van der Waals surface area contributed by atoms with Crippen LogP contribution in [0.25, 0.3) is 0 Å². The Kier molecular flexibility index (Phi) is 5.23. The quantitative estimate of drug-likeness (QED) is 0.876. The van der Waals surface area contributed by atoms with E-state index in [1.165, 1.54) is 0 Å². The third kappa shape index (κ3) is 3.76. The first-order chi connectivity index (χ1) is 10.1. The number of nitrogens with zero attached hydrogens (tertiary/aromatic N) is 1. The van der Waals surface area contributed by atoms with Crippen molar-refractivity contribution >= 4 is 17.3 Å². The lowest BCUT2D eigenvalue weighted by atomic mass is 9.74. The Labute approximate surface area is 127 Å². The molecule has 1 fully saturated rings. The summed E-state index contributed by atoms with van der Waals surface area (Å²) in [7, 11) is 4.01. The van der Waals surface area contributed by atoms with Gasteiger partial charge in [0.2, 0.25) is 5.91 Å². The van der Waals surface area contributed by atoms with Gasteiger partial charge in [-0.05, 0) is 50.6 Å². The second kappa shape index (κ2) is 6.94. The van der Waals surface area contributed by atoms with Gasteiger partial charge in [-0.15, -0.1) is 0 Å². The van der Waals surface area contributed by atoms with E-state index in [-0.39, 0.29) is 11.3 Å². The number of piperidine rings is 1. The zero-order valence-corrected chi connectivity index (χ0v) is 13.4. The van der Waals surface area contributed by atoms with Gasteiger partial charge in [-0.3, -0.25) is 4.79 Å². The predicted molar refractivity (Wildman–Crippen MR) is 88.8 cm³/mol. The number of nitrogens with one attached hydrogen (secondary N) is 2. The highest BCUT2D eigenvalue weighted by Gasteiger charge is 2.38. The fourth-order valence-corrected chi connectivity index (χ4v) is 3.10. The Morgan fingerprint density at radius 3 is 2.67 bits per heavy atom. The van der Waals surface area contributed by atoms with Gasteiger partial charge in [0.05, 0.1) is 5.41 Å². The first-order valence-corrected chi connectivity index (χ1v) is 7.87.